The standard InChI is InChI=1S/C24H21FN2O5/c1-2-31-24(30)32-20-13-9-17(10-14-20)23(29)27-21-6-4-3-5-18(21)15-26-22(28)16-7-11-19(25)12-8-16/h3-14H,2,15H2,1H3,(H,26,28)(H,27,29). The molecule has 164 valence electrons. The van der Waals surface area contributed by atoms with Gasteiger partial charge in [0.05, 0.1) is 6.61 Å². The molecule has 32 heavy (non-hydrogen) atoms. The molecule has 0 radical (unpaired) electrons. The van der Waals surface area contributed by atoms with Crippen LogP contribution < -0.4 is 15.4 Å². The van der Waals surface area contributed by atoms with Crippen LogP contribution in [0.25, 0.3) is 0 Å². The minimum absolute atomic E-state index is 0.166. The second kappa shape index (κ2) is 10.7. The minimum atomic E-state index is -0.818. The maximum atomic E-state index is 13.0. The summed E-state index contributed by atoms with van der Waals surface area (Å²) in [5.41, 5.74) is 1.91. The van der Waals surface area contributed by atoms with Crippen LogP contribution in [0.2, 0.25) is 0 Å². The molecule has 0 unspecified atom stereocenters. The van der Waals surface area contributed by atoms with Crippen molar-refractivity contribution in [3.05, 3.63) is 95.3 Å². The highest BCUT2D eigenvalue weighted by atomic mass is 19.1. The van der Waals surface area contributed by atoms with E-state index in [9.17, 15) is 18.8 Å². The van der Waals surface area contributed by atoms with Crippen LogP contribution in [-0.4, -0.2) is 24.6 Å². The van der Waals surface area contributed by atoms with E-state index in [0.29, 0.717) is 22.4 Å². The topological polar surface area (TPSA) is 93.7 Å². The van der Waals surface area contributed by atoms with Gasteiger partial charge in [0.2, 0.25) is 0 Å². The molecule has 0 atom stereocenters. The summed E-state index contributed by atoms with van der Waals surface area (Å²) in [6.07, 6.45) is -0.818. The normalized spacial score (nSPS) is 10.2. The van der Waals surface area contributed by atoms with Gasteiger partial charge < -0.3 is 20.1 Å². The van der Waals surface area contributed by atoms with Gasteiger partial charge in [0.15, 0.2) is 0 Å². The monoisotopic (exact) mass is 436 g/mol. The van der Waals surface area contributed by atoms with Crippen molar-refractivity contribution in [2.75, 3.05) is 11.9 Å². The van der Waals surface area contributed by atoms with Gasteiger partial charge in [0.25, 0.3) is 11.8 Å². The fourth-order valence-corrected chi connectivity index (χ4v) is 2.79. The summed E-state index contributed by atoms with van der Waals surface area (Å²) in [7, 11) is 0. The summed E-state index contributed by atoms with van der Waals surface area (Å²) in [6.45, 7) is 2.03. The first-order valence-electron chi connectivity index (χ1n) is 9.84. The van der Waals surface area contributed by atoms with E-state index >= 15 is 0 Å². The molecule has 2 N–H and O–H groups in total. The maximum absolute atomic E-state index is 13.0. The summed E-state index contributed by atoms with van der Waals surface area (Å²) in [5.74, 6) is -0.896. The molecule has 0 aromatic heterocycles. The Morgan fingerprint density at radius 2 is 1.47 bits per heavy atom. The van der Waals surface area contributed by atoms with Gasteiger partial charge in [-0.1, -0.05) is 18.2 Å². The molecule has 2 amide bonds. The third-order valence-electron chi connectivity index (χ3n) is 4.39. The van der Waals surface area contributed by atoms with Crippen molar-refractivity contribution < 1.29 is 28.2 Å². The van der Waals surface area contributed by atoms with Crippen LogP contribution in [0.5, 0.6) is 5.75 Å². The summed E-state index contributed by atoms with van der Waals surface area (Å²) >= 11 is 0. The molecule has 0 aliphatic rings. The Labute approximate surface area is 184 Å². The molecular formula is C24H21FN2O5. The van der Waals surface area contributed by atoms with Gasteiger partial charge in [0, 0.05) is 23.4 Å². The number of halogens is 1. The van der Waals surface area contributed by atoms with Gasteiger partial charge in [-0.2, -0.15) is 0 Å². The van der Waals surface area contributed by atoms with Crippen LogP contribution in [-0.2, 0) is 11.3 Å². The van der Waals surface area contributed by atoms with E-state index in [-0.39, 0.29) is 30.7 Å². The zero-order chi connectivity index (χ0) is 22.9. The number of para-hydroxylation sites is 1. The van der Waals surface area contributed by atoms with Crippen molar-refractivity contribution in [1.29, 1.82) is 0 Å². The number of hydrogen-bond acceptors (Lipinski definition) is 5. The van der Waals surface area contributed by atoms with Crippen LogP contribution in [0.4, 0.5) is 14.9 Å². The molecule has 0 aliphatic heterocycles. The summed E-state index contributed by atoms with van der Waals surface area (Å²) in [5, 5.41) is 5.56. The SMILES string of the molecule is CCOC(=O)Oc1ccc(C(=O)Nc2ccccc2CNC(=O)c2ccc(F)cc2)cc1. The first kappa shape index (κ1) is 22.5. The average molecular weight is 436 g/mol. The molecular weight excluding hydrogens is 415 g/mol. The van der Waals surface area contributed by atoms with Crippen molar-refractivity contribution >= 4 is 23.7 Å². The van der Waals surface area contributed by atoms with E-state index < -0.39 is 12.0 Å². The quantitative estimate of drug-likeness (QED) is 0.419. The number of nitrogens with one attached hydrogen (secondary N) is 2. The largest absolute Gasteiger partial charge is 0.513 e. The second-order valence-corrected chi connectivity index (χ2v) is 6.61. The van der Waals surface area contributed by atoms with Gasteiger partial charge >= 0.3 is 6.16 Å². The third-order valence-corrected chi connectivity index (χ3v) is 4.39. The molecule has 0 saturated heterocycles. The van der Waals surface area contributed by atoms with Crippen LogP contribution >= 0.6 is 0 Å². The lowest BCUT2D eigenvalue weighted by Gasteiger charge is -2.12. The van der Waals surface area contributed by atoms with Crippen molar-refractivity contribution in [3.8, 4) is 5.75 Å². The van der Waals surface area contributed by atoms with E-state index in [1.165, 1.54) is 48.5 Å². The number of rotatable bonds is 7. The molecule has 0 heterocycles. The predicted molar refractivity (Wildman–Crippen MR) is 116 cm³/mol. The molecule has 3 aromatic rings. The molecule has 0 bridgehead atoms. The highest BCUT2D eigenvalue weighted by Gasteiger charge is 2.12. The highest BCUT2D eigenvalue weighted by Crippen LogP contribution is 2.18. The first-order chi connectivity index (χ1) is 15.5. The number of carbonyl (C=O) groups is 3. The van der Waals surface area contributed by atoms with Crippen molar-refractivity contribution in [1.82, 2.24) is 5.32 Å². The number of hydrogen-bond donors (Lipinski definition) is 2. The molecule has 0 saturated carbocycles. The fraction of sp³-hybridized carbons (Fsp3) is 0.125. The Balaban J connectivity index is 1.62. The van der Waals surface area contributed by atoms with Gasteiger partial charge in [-0.25, -0.2) is 9.18 Å². The average Bonchev–Trinajstić information content (AvgIpc) is 2.79. The van der Waals surface area contributed by atoms with E-state index in [2.05, 4.69) is 10.6 Å². The van der Waals surface area contributed by atoms with E-state index in [1.807, 2.05) is 0 Å². The Morgan fingerprint density at radius 1 is 0.844 bits per heavy atom. The lowest BCUT2D eigenvalue weighted by Crippen LogP contribution is -2.24. The predicted octanol–water partition coefficient (Wildman–Crippen LogP) is 4.54. The van der Waals surface area contributed by atoms with Crippen molar-refractivity contribution in [3.63, 3.8) is 0 Å². The zero-order valence-electron chi connectivity index (χ0n) is 17.3. The number of benzene rings is 3. The van der Waals surface area contributed by atoms with Gasteiger partial charge in [0.1, 0.15) is 11.6 Å². The zero-order valence-corrected chi connectivity index (χ0v) is 17.3. The summed E-state index contributed by atoms with van der Waals surface area (Å²) < 4.78 is 22.7. The molecule has 8 heteroatoms. The van der Waals surface area contributed by atoms with Gasteiger partial charge in [-0.15, -0.1) is 0 Å². The van der Waals surface area contributed by atoms with Crippen LogP contribution in [0.15, 0.2) is 72.8 Å². The van der Waals surface area contributed by atoms with Gasteiger partial charge in [-0.3, -0.25) is 9.59 Å². The number of ether oxygens (including phenoxy) is 2. The number of amides is 2. The van der Waals surface area contributed by atoms with Crippen LogP contribution in [0.3, 0.4) is 0 Å². The number of carbonyl (C=O) groups excluding carboxylic acids is 3. The Bertz CT molecular complexity index is 1100. The van der Waals surface area contributed by atoms with E-state index in [0.717, 1.165) is 0 Å². The fourth-order valence-electron chi connectivity index (χ4n) is 2.79. The second-order valence-electron chi connectivity index (χ2n) is 6.61. The molecule has 0 spiro atoms. The Hall–Kier alpha value is -4.20. The lowest BCUT2D eigenvalue weighted by molar-refractivity contribution is 0.0949. The van der Waals surface area contributed by atoms with Crippen LogP contribution in [0.1, 0.15) is 33.2 Å². The molecule has 7 nitrogen and oxygen atoms in total. The van der Waals surface area contributed by atoms with E-state index in [4.69, 9.17) is 9.47 Å². The van der Waals surface area contributed by atoms with E-state index in [1.54, 1.807) is 31.2 Å². The third kappa shape index (κ3) is 6.15. The van der Waals surface area contributed by atoms with Crippen molar-refractivity contribution in [2.45, 2.75) is 13.5 Å². The summed E-state index contributed by atoms with van der Waals surface area (Å²) in [4.78, 5) is 36.2. The smallest absolute Gasteiger partial charge is 0.434 e. The van der Waals surface area contributed by atoms with Crippen molar-refractivity contribution in [2.24, 2.45) is 0 Å². The summed E-state index contributed by atoms with van der Waals surface area (Å²) in [6, 6.07) is 18.3. The molecule has 0 fully saturated rings. The lowest BCUT2D eigenvalue weighted by atomic mass is 10.1. The first-order valence-corrected chi connectivity index (χ1v) is 9.84. The maximum Gasteiger partial charge on any atom is 0.513 e. The molecule has 3 aromatic carbocycles. The Morgan fingerprint density at radius 3 is 2.16 bits per heavy atom. The number of anilines is 1. The molecule has 3 rings (SSSR count). The van der Waals surface area contributed by atoms with Gasteiger partial charge in [-0.05, 0) is 67.1 Å². The minimum Gasteiger partial charge on any atom is -0.434 e. The Kier molecular flexibility index (Phi) is 7.53. The highest BCUT2D eigenvalue weighted by molar-refractivity contribution is 6.04. The van der Waals surface area contributed by atoms with Crippen LogP contribution in [0, 0.1) is 5.82 Å². The molecule has 0 aliphatic carbocycles.